The molecule has 0 saturated carbocycles. The standard InChI is InChI=1S/C22H22N4O2.C21H21N7O4/c23-21(27)18-11-12-19(20(13-18)28-15-17-9-5-2-6-10-17)26(22(24)25)14-16-7-3-1-4-8-16;22-20(29)15-6-8-17(18(10-15)32-12-14-4-2-1-3-5-14)27-21(23)26-13-25-19-9-7-16(11-24-19)28(30)31/h1-13H,14-15H2,(H2,23,27)(H3,24,25);1-11H,12-13H2,(H2,22,29)(H,24,25)(H3,23,26,27). The van der Waals surface area contributed by atoms with Gasteiger partial charge in [0.15, 0.2) is 11.9 Å². The van der Waals surface area contributed by atoms with E-state index in [9.17, 15) is 19.7 Å². The number of amides is 2. The second kappa shape index (κ2) is 21.2. The minimum Gasteiger partial charge on any atom is -0.487 e. The number of nitro groups is 1. The highest BCUT2D eigenvalue weighted by Crippen LogP contribution is 2.32. The number of hydrogen-bond acceptors (Lipinski definition) is 10. The smallest absolute Gasteiger partial charge is 0.287 e. The first-order valence-corrected chi connectivity index (χ1v) is 18.2. The Morgan fingerprint density at radius 1 is 0.717 bits per heavy atom. The molecule has 2 amide bonds. The maximum atomic E-state index is 11.6. The van der Waals surface area contributed by atoms with Gasteiger partial charge in [-0.2, -0.15) is 0 Å². The van der Waals surface area contributed by atoms with Gasteiger partial charge < -0.3 is 47.9 Å². The van der Waals surface area contributed by atoms with Gasteiger partial charge in [0.25, 0.3) is 5.69 Å². The van der Waals surface area contributed by atoms with E-state index >= 15 is 0 Å². The fourth-order valence-corrected chi connectivity index (χ4v) is 5.42. The number of aromatic nitrogens is 1. The maximum absolute atomic E-state index is 11.6. The number of hydrogen-bond donors (Lipinski definition) is 7. The van der Waals surface area contributed by atoms with Crippen LogP contribution in [0.2, 0.25) is 0 Å². The summed E-state index contributed by atoms with van der Waals surface area (Å²) in [5, 5.41) is 24.5. The number of nitrogens with zero attached hydrogens (tertiary/aromatic N) is 4. The molecule has 0 unspecified atom stereocenters. The summed E-state index contributed by atoms with van der Waals surface area (Å²) in [5.74, 6) is 0.0524. The lowest BCUT2D eigenvalue weighted by molar-refractivity contribution is -0.385. The number of primary amides is 2. The largest absolute Gasteiger partial charge is 0.487 e. The first-order valence-electron chi connectivity index (χ1n) is 18.2. The number of aliphatic imine (C=N–C) groups is 1. The number of anilines is 3. The fourth-order valence-electron chi connectivity index (χ4n) is 5.42. The van der Waals surface area contributed by atoms with Crippen molar-refractivity contribution >= 4 is 46.6 Å². The average molecular weight is 810 g/mol. The topological polar surface area (TPSA) is 276 Å². The van der Waals surface area contributed by atoms with E-state index in [4.69, 9.17) is 37.8 Å². The van der Waals surface area contributed by atoms with Crippen molar-refractivity contribution in [2.24, 2.45) is 27.9 Å². The Labute approximate surface area is 345 Å². The van der Waals surface area contributed by atoms with E-state index in [2.05, 4.69) is 20.6 Å². The van der Waals surface area contributed by atoms with Gasteiger partial charge in [-0.05, 0) is 59.2 Å². The molecule has 0 fully saturated rings. The summed E-state index contributed by atoms with van der Waals surface area (Å²) >= 11 is 0. The van der Waals surface area contributed by atoms with Crippen molar-refractivity contribution < 1.29 is 24.0 Å². The summed E-state index contributed by atoms with van der Waals surface area (Å²) in [6.07, 6.45) is 1.14. The van der Waals surface area contributed by atoms with Crippen LogP contribution in [0.5, 0.6) is 11.5 Å². The molecule has 17 heteroatoms. The normalized spacial score (nSPS) is 10.6. The van der Waals surface area contributed by atoms with Gasteiger partial charge in [-0.15, -0.1) is 0 Å². The molecule has 0 atom stereocenters. The van der Waals surface area contributed by atoms with Gasteiger partial charge in [-0.1, -0.05) is 91.0 Å². The number of ether oxygens (including phenoxy) is 2. The summed E-state index contributed by atoms with van der Waals surface area (Å²) in [4.78, 5) is 43.0. The quantitative estimate of drug-likeness (QED) is 0.0267. The summed E-state index contributed by atoms with van der Waals surface area (Å²) in [6.45, 7) is 1.06. The van der Waals surface area contributed by atoms with Crippen LogP contribution in [-0.4, -0.2) is 40.3 Å². The van der Waals surface area contributed by atoms with Crippen LogP contribution in [-0.2, 0) is 19.8 Å². The SMILES string of the molecule is N=C(N)N(Cc1ccccc1)c1ccc(C(N)=O)cc1OCc1ccccc1.NC(=O)c1ccc(NC(N)=NCNc2ccc([N+](=O)[O-])cn2)c(OCc2ccccc2)c1. The van der Waals surface area contributed by atoms with E-state index in [1.165, 1.54) is 18.2 Å². The van der Waals surface area contributed by atoms with Crippen LogP contribution in [0.4, 0.5) is 22.9 Å². The Morgan fingerprint density at radius 2 is 1.25 bits per heavy atom. The van der Waals surface area contributed by atoms with Gasteiger partial charge in [0.2, 0.25) is 11.8 Å². The number of carbonyl (C=O) groups is 2. The van der Waals surface area contributed by atoms with Crippen molar-refractivity contribution in [2.45, 2.75) is 19.8 Å². The van der Waals surface area contributed by atoms with Crippen LogP contribution in [0.3, 0.4) is 0 Å². The van der Waals surface area contributed by atoms with E-state index in [0.717, 1.165) is 22.9 Å². The van der Waals surface area contributed by atoms with Crippen molar-refractivity contribution in [1.29, 1.82) is 5.41 Å². The zero-order valence-corrected chi connectivity index (χ0v) is 32.2. The minimum absolute atomic E-state index is 0.0726. The van der Waals surface area contributed by atoms with Crippen LogP contribution < -0.4 is 47.9 Å². The molecule has 0 bridgehead atoms. The van der Waals surface area contributed by atoms with Crippen LogP contribution >= 0.6 is 0 Å². The molecule has 0 saturated heterocycles. The van der Waals surface area contributed by atoms with Gasteiger partial charge >= 0.3 is 0 Å². The van der Waals surface area contributed by atoms with Crippen LogP contribution in [0.25, 0.3) is 0 Å². The average Bonchev–Trinajstić information content (AvgIpc) is 3.25. The molecular weight excluding hydrogens is 767 g/mol. The number of pyridine rings is 1. The third-order valence-electron chi connectivity index (χ3n) is 8.48. The highest BCUT2D eigenvalue weighted by Gasteiger charge is 2.18. The molecule has 17 nitrogen and oxygen atoms in total. The van der Waals surface area contributed by atoms with E-state index < -0.39 is 16.7 Å². The highest BCUT2D eigenvalue weighted by atomic mass is 16.6. The summed E-state index contributed by atoms with van der Waals surface area (Å²) in [6, 6.07) is 41.3. The summed E-state index contributed by atoms with van der Waals surface area (Å²) in [5.41, 5.74) is 27.1. The predicted molar refractivity (Wildman–Crippen MR) is 231 cm³/mol. The number of nitrogens with one attached hydrogen (secondary N) is 3. The zero-order chi connectivity index (χ0) is 42.9. The van der Waals surface area contributed by atoms with E-state index in [1.807, 2.05) is 91.0 Å². The minimum atomic E-state index is -0.581. The van der Waals surface area contributed by atoms with Gasteiger partial charge in [-0.25, -0.2) is 9.98 Å². The molecule has 0 radical (unpaired) electrons. The third-order valence-corrected chi connectivity index (χ3v) is 8.48. The van der Waals surface area contributed by atoms with Gasteiger partial charge in [0, 0.05) is 17.2 Å². The first-order chi connectivity index (χ1) is 29.0. The second-order valence-electron chi connectivity index (χ2n) is 12.8. The lowest BCUT2D eigenvalue weighted by atomic mass is 10.1. The number of rotatable bonds is 16. The third kappa shape index (κ3) is 12.8. The lowest BCUT2D eigenvalue weighted by Gasteiger charge is -2.25. The van der Waals surface area contributed by atoms with E-state index in [1.54, 1.807) is 35.2 Å². The number of benzene rings is 5. The van der Waals surface area contributed by atoms with Crippen molar-refractivity contribution in [3.05, 3.63) is 184 Å². The van der Waals surface area contributed by atoms with Gasteiger partial charge in [0.1, 0.15) is 43.4 Å². The molecule has 0 aliphatic heterocycles. The van der Waals surface area contributed by atoms with Crippen molar-refractivity contribution in [1.82, 2.24) is 4.98 Å². The fraction of sp³-hybridized carbons (Fsp3) is 0.0930. The Bertz CT molecular complexity index is 2420. The Kier molecular flexibility index (Phi) is 15.1. The molecule has 6 aromatic rings. The molecule has 1 aromatic heterocycles. The zero-order valence-electron chi connectivity index (χ0n) is 32.2. The Hall–Kier alpha value is -8.47. The van der Waals surface area contributed by atoms with Gasteiger partial charge in [-0.3, -0.25) is 25.1 Å². The van der Waals surface area contributed by atoms with Gasteiger partial charge in [0.05, 0.1) is 22.8 Å². The molecule has 60 heavy (non-hydrogen) atoms. The Morgan fingerprint density at radius 3 is 1.77 bits per heavy atom. The molecule has 6 rings (SSSR count). The molecule has 11 N–H and O–H groups in total. The lowest BCUT2D eigenvalue weighted by Crippen LogP contribution is -2.36. The van der Waals surface area contributed by atoms with Crippen LogP contribution in [0, 0.1) is 15.5 Å². The monoisotopic (exact) mass is 809 g/mol. The van der Waals surface area contributed by atoms with Crippen LogP contribution in [0.15, 0.2) is 151 Å². The second-order valence-corrected chi connectivity index (χ2v) is 12.8. The van der Waals surface area contributed by atoms with E-state index in [-0.39, 0.29) is 30.9 Å². The number of nitrogens with two attached hydrogens (primary N) is 4. The molecule has 5 aromatic carbocycles. The predicted octanol–water partition coefficient (Wildman–Crippen LogP) is 5.73. The van der Waals surface area contributed by atoms with E-state index in [0.29, 0.717) is 53.0 Å². The molecule has 0 aliphatic rings. The van der Waals surface area contributed by atoms with Crippen molar-refractivity contribution in [3.63, 3.8) is 0 Å². The summed E-state index contributed by atoms with van der Waals surface area (Å²) in [7, 11) is 0. The molecule has 0 aliphatic carbocycles. The van der Waals surface area contributed by atoms with Crippen LogP contribution in [0.1, 0.15) is 37.4 Å². The molecule has 1 heterocycles. The highest BCUT2D eigenvalue weighted by molar-refractivity contribution is 5.98. The number of carbonyl (C=O) groups excluding carboxylic acids is 2. The van der Waals surface area contributed by atoms with Crippen molar-refractivity contribution in [3.8, 4) is 11.5 Å². The molecular formula is C43H43N11O6. The first kappa shape index (κ1) is 42.7. The molecule has 0 spiro atoms. The Balaban J connectivity index is 0.000000230. The van der Waals surface area contributed by atoms with Crippen molar-refractivity contribution in [2.75, 3.05) is 22.2 Å². The molecule has 306 valence electrons. The number of guanidine groups is 2. The maximum Gasteiger partial charge on any atom is 0.287 e. The summed E-state index contributed by atoms with van der Waals surface area (Å²) < 4.78 is 11.8.